The van der Waals surface area contributed by atoms with Crippen LogP contribution in [0.15, 0.2) is 36.9 Å². The maximum Gasteiger partial charge on any atom is 0.224 e. The summed E-state index contributed by atoms with van der Waals surface area (Å²) in [6.45, 7) is 0.273. The van der Waals surface area contributed by atoms with Gasteiger partial charge < -0.3 is 10.3 Å². The second kappa shape index (κ2) is 6.56. The molecule has 0 amide bonds. The second-order valence-corrected chi connectivity index (χ2v) is 8.33. The third kappa shape index (κ3) is 3.16. The summed E-state index contributed by atoms with van der Waals surface area (Å²) in [5, 5.41) is 5.19. The Morgan fingerprint density at radius 1 is 1.22 bits per heavy atom. The molecule has 0 atom stereocenters. The Labute approximate surface area is 160 Å². The van der Waals surface area contributed by atoms with Crippen molar-refractivity contribution in [1.82, 2.24) is 19.9 Å². The summed E-state index contributed by atoms with van der Waals surface area (Å²) in [4.78, 5) is 17.5. The molecule has 4 heterocycles. The van der Waals surface area contributed by atoms with Crippen LogP contribution in [-0.2, 0) is 0 Å². The first-order valence-electron chi connectivity index (χ1n) is 9.31. The second-order valence-electron chi connectivity index (χ2n) is 7.25. The first kappa shape index (κ1) is 16.6. The molecule has 4 aromatic heterocycles. The fraction of sp³-hybridized carbons (Fsp3) is 0.350. The van der Waals surface area contributed by atoms with Crippen molar-refractivity contribution in [3.05, 3.63) is 36.9 Å². The topological polar surface area (TPSA) is 66.5 Å². The van der Waals surface area contributed by atoms with Crippen LogP contribution in [0, 0.1) is 0 Å². The van der Waals surface area contributed by atoms with Crippen molar-refractivity contribution in [3.63, 3.8) is 0 Å². The quantitative estimate of drug-likeness (QED) is 0.502. The van der Waals surface area contributed by atoms with Crippen molar-refractivity contribution < 1.29 is 4.39 Å². The molecule has 0 bridgehead atoms. The minimum absolute atomic E-state index is 0.273. The summed E-state index contributed by atoms with van der Waals surface area (Å²) in [7, 11) is 0. The van der Waals surface area contributed by atoms with Crippen molar-refractivity contribution in [2.75, 3.05) is 11.9 Å². The number of nitrogens with zero attached hydrogens (tertiary/aromatic N) is 3. The van der Waals surface area contributed by atoms with Crippen molar-refractivity contribution in [3.8, 4) is 10.4 Å². The fourth-order valence-electron chi connectivity index (χ4n) is 3.81. The normalized spacial score (nSPS) is 16.8. The van der Waals surface area contributed by atoms with E-state index in [0.29, 0.717) is 18.8 Å². The molecule has 0 aliphatic heterocycles. The van der Waals surface area contributed by atoms with E-state index in [4.69, 9.17) is 0 Å². The van der Waals surface area contributed by atoms with Crippen LogP contribution < -0.4 is 5.32 Å². The Morgan fingerprint density at radius 3 is 2.96 bits per heavy atom. The summed E-state index contributed by atoms with van der Waals surface area (Å²) >= 11 is 1.72. The van der Waals surface area contributed by atoms with Crippen LogP contribution in [0.25, 0.3) is 31.6 Å². The zero-order valence-corrected chi connectivity index (χ0v) is 15.7. The SMILES string of the molecule is FC1(CNc2ncc3c(-c4cc5cnccc5s4)c[nH]c3n2)CCCCC1. The van der Waals surface area contributed by atoms with Gasteiger partial charge in [-0.05, 0) is 25.0 Å². The Hall–Kier alpha value is -2.54. The largest absolute Gasteiger partial charge is 0.351 e. The third-order valence-corrected chi connectivity index (χ3v) is 6.48. The molecule has 138 valence electrons. The van der Waals surface area contributed by atoms with E-state index in [-0.39, 0.29) is 6.54 Å². The van der Waals surface area contributed by atoms with Gasteiger partial charge in [0.25, 0.3) is 0 Å². The van der Waals surface area contributed by atoms with E-state index in [0.717, 1.165) is 46.1 Å². The average molecular weight is 381 g/mol. The molecule has 2 N–H and O–H groups in total. The van der Waals surface area contributed by atoms with Gasteiger partial charge in [-0.3, -0.25) is 4.98 Å². The number of anilines is 1. The molecule has 5 nitrogen and oxygen atoms in total. The van der Waals surface area contributed by atoms with Crippen molar-refractivity contribution in [1.29, 1.82) is 0 Å². The highest BCUT2D eigenvalue weighted by atomic mass is 32.1. The molecule has 4 aromatic rings. The van der Waals surface area contributed by atoms with Gasteiger partial charge in [0.1, 0.15) is 11.3 Å². The number of hydrogen-bond donors (Lipinski definition) is 2. The van der Waals surface area contributed by atoms with Gasteiger partial charge in [0.05, 0.1) is 6.54 Å². The average Bonchev–Trinajstić information content (AvgIpc) is 3.30. The molecule has 0 aromatic carbocycles. The van der Waals surface area contributed by atoms with E-state index in [1.165, 1.54) is 4.70 Å². The number of rotatable bonds is 4. The number of H-pyrrole nitrogens is 1. The number of fused-ring (bicyclic) bond motifs is 2. The van der Waals surface area contributed by atoms with Crippen LogP contribution in [0.4, 0.5) is 10.3 Å². The summed E-state index contributed by atoms with van der Waals surface area (Å²) in [6.07, 6.45) is 11.7. The highest BCUT2D eigenvalue weighted by Gasteiger charge is 2.31. The van der Waals surface area contributed by atoms with Gasteiger partial charge in [-0.2, -0.15) is 4.98 Å². The lowest BCUT2D eigenvalue weighted by Gasteiger charge is -2.29. The number of nitrogens with one attached hydrogen (secondary N) is 2. The van der Waals surface area contributed by atoms with E-state index in [9.17, 15) is 4.39 Å². The predicted octanol–water partition coefficient (Wildman–Crippen LogP) is 5.32. The standard InChI is InChI=1S/C20H20FN5S/c21-20(5-2-1-3-6-20)12-25-19-24-11-15-14(10-23-18(15)26-19)17-8-13-9-22-7-4-16(13)27-17/h4,7-11H,1-3,5-6,12H2,(H2,23,24,25,26). The summed E-state index contributed by atoms with van der Waals surface area (Å²) in [5.74, 6) is 0.471. The fourth-order valence-corrected chi connectivity index (χ4v) is 4.87. The molecule has 7 heteroatoms. The maximum atomic E-state index is 14.8. The van der Waals surface area contributed by atoms with Crippen LogP contribution in [0.1, 0.15) is 32.1 Å². The lowest BCUT2D eigenvalue weighted by molar-refractivity contribution is 0.122. The van der Waals surface area contributed by atoms with Gasteiger partial charge in [0.2, 0.25) is 5.95 Å². The predicted molar refractivity (Wildman–Crippen MR) is 108 cm³/mol. The van der Waals surface area contributed by atoms with Crippen LogP contribution in [-0.4, -0.2) is 32.1 Å². The summed E-state index contributed by atoms with van der Waals surface area (Å²) in [5.41, 5.74) is 0.699. The molecule has 0 saturated heterocycles. The summed E-state index contributed by atoms with van der Waals surface area (Å²) in [6, 6.07) is 4.16. The van der Waals surface area contributed by atoms with Crippen molar-refractivity contribution >= 4 is 38.4 Å². The first-order chi connectivity index (χ1) is 13.2. The number of alkyl halides is 1. The van der Waals surface area contributed by atoms with E-state index >= 15 is 0 Å². The minimum Gasteiger partial charge on any atom is -0.351 e. The molecule has 1 saturated carbocycles. The Morgan fingerprint density at radius 2 is 2.11 bits per heavy atom. The Bertz CT molecular complexity index is 1060. The van der Waals surface area contributed by atoms with Gasteiger partial charge in [-0.25, -0.2) is 9.37 Å². The minimum atomic E-state index is -1.14. The zero-order valence-electron chi connectivity index (χ0n) is 14.8. The number of halogens is 1. The molecule has 1 aliphatic carbocycles. The molecule has 27 heavy (non-hydrogen) atoms. The van der Waals surface area contributed by atoms with Crippen molar-refractivity contribution in [2.24, 2.45) is 0 Å². The van der Waals surface area contributed by atoms with E-state index in [2.05, 4.69) is 31.3 Å². The highest BCUT2D eigenvalue weighted by Crippen LogP contribution is 2.36. The van der Waals surface area contributed by atoms with Gasteiger partial charge in [0.15, 0.2) is 0 Å². The van der Waals surface area contributed by atoms with E-state index in [1.54, 1.807) is 11.3 Å². The maximum absolute atomic E-state index is 14.8. The summed E-state index contributed by atoms with van der Waals surface area (Å²) < 4.78 is 16.0. The number of aromatic amines is 1. The van der Waals surface area contributed by atoms with Crippen LogP contribution >= 0.6 is 11.3 Å². The highest BCUT2D eigenvalue weighted by molar-refractivity contribution is 7.22. The van der Waals surface area contributed by atoms with Gasteiger partial charge in [-0.1, -0.05) is 19.3 Å². The van der Waals surface area contributed by atoms with Crippen LogP contribution in [0.5, 0.6) is 0 Å². The van der Waals surface area contributed by atoms with Crippen LogP contribution in [0.3, 0.4) is 0 Å². The lowest BCUT2D eigenvalue weighted by atomic mass is 9.86. The molecule has 0 unspecified atom stereocenters. The zero-order chi connectivity index (χ0) is 18.3. The molecule has 1 aliphatic rings. The Kier molecular flexibility index (Phi) is 4.04. The van der Waals surface area contributed by atoms with Gasteiger partial charge in [0, 0.05) is 50.7 Å². The molecule has 1 fully saturated rings. The molecule has 5 rings (SSSR count). The lowest BCUT2D eigenvalue weighted by Crippen LogP contribution is -2.34. The Balaban J connectivity index is 1.41. The van der Waals surface area contributed by atoms with Gasteiger partial charge in [-0.15, -0.1) is 11.3 Å². The van der Waals surface area contributed by atoms with Gasteiger partial charge >= 0.3 is 0 Å². The van der Waals surface area contributed by atoms with E-state index < -0.39 is 5.67 Å². The smallest absolute Gasteiger partial charge is 0.224 e. The van der Waals surface area contributed by atoms with Crippen LogP contribution in [0.2, 0.25) is 0 Å². The first-order valence-corrected chi connectivity index (χ1v) is 10.1. The number of thiophene rings is 1. The van der Waals surface area contributed by atoms with Crippen molar-refractivity contribution in [2.45, 2.75) is 37.8 Å². The third-order valence-electron chi connectivity index (χ3n) is 5.33. The molecule has 0 spiro atoms. The number of hydrogen-bond acceptors (Lipinski definition) is 5. The monoisotopic (exact) mass is 381 g/mol. The molecule has 0 radical (unpaired) electrons. The van der Waals surface area contributed by atoms with E-state index in [1.807, 2.05) is 30.9 Å². The number of aromatic nitrogens is 4. The molecular formula is C20H20FN5S. The number of pyridine rings is 1. The molecular weight excluding hydrogens is 361 g/mol.